The molecule has 22 nitrogen and oxygen atoms in total. The van der Waals surface area contributed by atoms with Gasteiger partial charge in [0.2, 0.25) is 0 Å². The van der Waals surface area contributed by atoms with Gasteiger partial charge in [0.15, 0.2) is 0 Å². The van der Waals surface area contributed by atoms with Crippen molar-refractivity contribution in [2.45, 2.75) is 0 Å². The van der Waals surface area contributed by atoms with Crippen LogP contribution < -0.4 is 63.9 Å². The molecule has 22 heteroatoms. The molecular weight excluding hydrogens is 644 g/mol. The van der Waals surface area contributed by atoms with E-state index in [2.05, 4.69) is 9.97 Å². The molecule has 4 aliphatic rings. The molecule has 0 unspecified atom stereocenters. The number of imide groups is 8. The number of urea groups is 4. The van der Waals surface area contributed by atoms with Gasteiger partial charge >= 0.3 is 24.1 Å². The largest absolute Gasteiger partial charge is 0.353 e. The minimum atomic E-state index is -1.22. The summed E-state index contributed by atoms with van der Waals surface area (Å²) >= 11 is 0. The van der Waals surface area contributed by atoms with Crippen molar-refractivity contribution >= 4 is 115 Å². The number of carbonyl (C=O) groups is 12. The van der Waals surface area contributed by atoms with Gasteiger partial charge in [-0.3, -0.25) is 80.9 Å². The van der Waals surface area contributed by atoms with E-state index in [9.17, 15) is 57.5 Å². The minimum absolute atomic E-state index is 0.171. The van der Waals surface area contributed by atoms with Crippen LogP contribution in [0.1, 0.15) is 0 Å². The molecule has 4 aliphatic heterocycles. The van der Waals surface area contributed by atoms with Crippen molar-refractivity contribution in [2.24, 2.45) is 0 Å². The van der Waals surface area contributed by atoms with Gasteiger partial charge in [-0.2, -0.15) is 0 Å². The number of barbiturate groups is 4. The molecule has 0 aliphatic carbocycles. The second kappa shape index (κ2) is 9.86. The van der Waals surface area contributed by atoms with Crippen molar-refractivity contribution in [3.63, 3.8) is 0 Å². The van der Waals surface area contributed by atoms with E-state index in [-0.39, 0.29) is 21.5 Å². The number of benzene rings is 1. The third-order valence-corrected chi connectivity index (χ3v) is 7.37. The van der Waals surface area contributed by atoms with E-state index in [4.69, 9.17) is 0 Å². The Kier molecular flexibility index (Phi) is 5.95. The fraction of sp³-hybridized carbons (Fsp3) is 0. The highest BCUT2D eigenvalue weighted by Gasteiger charge is 2.35. The molecule has 48 heavy (non-hydrogen) atoms. The lowest BCUT2D eigenvalue weighted by molar-refractivity contribution is -0.122. The Morgan fingerprint density at radius 3 is 0.604 bits per heavy atom. The van der Waals surface area contributed by atoms with Crippen molar-refractivity contribution in [3.8, 4) is 0 Å². The first kappa shape index (κ1) is 29.0. The molecular formula is C26H12N10O12. The molecule has 0 bridgehead atoms. The lowest BCUT2D eigenvalue weighted by atomic mass is 10.0. The number of nitrogens with one attached hydrogen (secondary N) is 10. The fourth-order valence-corrected chi connectivity index (χ4v) is 5.51. The summed E-state index contributed by atoms with van der Waals surface area (Å²) < 4.78 is 0. The van der Waals surface area contributed by atoms with Crippen molar-refractivity contribution in [1.29, 1.82) is 0 Å². The van der Waals surface area contributed by atoms with E-state index < -0.39 is 115 Å². The molecule has 10 N–H and O–H groups in total. The molecule has 1 aromatic carbocycles. The average molecular weight is 656 g/mol. The van der Waals surface area contributed by atoms with Crippen molar-refractivity contribution in [2.75, 3.05) is 0 Å². The van der Waals surface area contributed by atoms with Crippen LogP contribution in [0.2, 0.25) is 0 Å². The summed E-state index contributed by atoms with van der Waals surface area (Å²) in [5, 5.41) is 12.6. The summed E-state index contributed by atoms with van der Waals surface area (Å²) in [4.78, 5) is 155. The van der Waals surface area contributed by atoms with Gasteiger partial charge in [-0.05, 0) is 12.1 Å². The number of amides is 16. The van der Waals surface area contributed by atoms with E-state index in [0.717, 1.165) is 12.1 Å². The van der Waals surface area contributed by atoms with Gasteiger partial charge in [-0.1, -0.05) is 0 Å². The van der Waals surface area contributed by atoms with Crippen LogP contribution in [0.3, 0.4) is 0 Å². The molecule has 7 rings (SSSR count). The van der Waals surface area contributed by atoms with Gasteiger partial charge in [0, 0.05) is 21.5 Å². The lowest BCUT2D eigenvalue weighted by Crippen LogP contribution is -2.53. The second-order valence-electron chi connectivity index (χ2n) is 10.1. The van der Waals surface area contributed by atoms with Gasteiger partial charge in [0.25, 0.3) is 47.3 Å². The Morgan fingerprint density at radius 1 is 0.271 bits per heavy atom. The quantitative estimate of drug-likeness (QED) is 0.108. The smallest absolute Gasteiger partial charge is 0.328 e. The topological polar surface area (TPSA) is 333 Å². The molecule has 16 amide bonds. The first-order valence-electron chi connectivity index (χ1n) is 13.1. The first-order valence-corrected chi connectivity index (χ1v) is 13.1. The second-order valence-corrected chi connectivity index (χ2v) is 10.1. The number of carbonyl (C=O) groups excluding carboxylic acids is 12. The van der Waals surface area contributed by atoms with Crippen molar-refractivity contribution < 1.29 is 57.5 Å². The average Bonchev–Trinajstić information content (AvgIpc) is 3.48. The fourth-order valence-electron chi connectivity index (χ4n) is 5.51. The summed E-state index contributed by atoms with van der Waals surface area (Å²) in [5.41, 5.74) is -2.94. The van der Waals surface area contributed by atoms with Gasteiger partial charge in [0.1, 0.15) is 22.3 Å². The van der Waals surface area contributed by atoms with E-state index in [1.807, 2.05) is 42.5 Å². The number of hydrogen-bond donors (Lipinski definition) is 10. The lowest BCUT2D eigenvalue weighted by Gasteiger charge is -2.13. The summed E-state index contributed by atoms with van der Waals surface area (Å²) in [5.74, 6) is -9.77. The minimum Gasteiger partial charge on any atom is -0.353 e. The Hall–Kier alpha value is -7.78. The third-order valence-electron chi connectivity index (χ3n) is 7.37. The van der Waals surface area contributed by atoms with Gasteiger partial charge in [0.05, 0.1) is 21.4 Å². The number of fused-ring (bicyclic) bond motifs is 2. The molecule has 0 radical (unpaired) electrons. The maximum Gasteiger partial charge on any atom is 0.328 e. The maximum absolute atomic E-state index is 12.9. The Balaban J connectivity index is 1.75. The van der Waals surface area contributed by atoms with Crippen LogP contribution >= 0.6 is 0 Å². The first-order chi connectivity index (χ1) is 22.7. The zero-order valence-electron chi connectivity index (χ0n) is 23.1. The standard InChI is InChI=1S/C26H12N10O12/c37-15-7(16(38)30-23(45)29-15)11-3-1-4-6(2-5(3)13(27-11)9-19(41)33-25(47)34-20(9)42)14(10-21(43)35-26(48)36-22(10)44)28-12(4)8-17(39)31-24(46)32-18(8)40/h1-2,27-28H,(H2,29,30,37,38,45)(H2,31,32,39,40,46)(H2,33,34,41,42,47)(H2,35,36,43,44,48). The van der Waals surface area contributed by atoms with Gasteiger partial charge in [-0.15, -0.1) is 0 Å². The molecule has 0 saturated carbocycles. The Bertz CT molecular complexity index is 2150. The molecule has 3 aromatic rings. The highest BCUT2D eigenvalue weighted by atomic mass is 16.2. The maximum atomic E-state index is 12.9. The highest BCUT2D eigenvalue weighted by molar-refractivity contribution is 6.49. The summed E-state index contributed by atoms with van der Waals surface area (Å²) in [6, 6.07) is -2.38. The molecule has 4 fully saturated rings. The predicted molar refractivity (Wildman–Crippen MR) is 149 cm³/mol. The molecule has 0 spiro atoms. The molecule has 4 saturated heterocycles. The summed E-state index contributed by atoms with van der Waals surface area (Å²) in [6.45, 7) is 0. The van der Waals surface area contributed by atoms with E-state index >= 15 is 0 Å². The van der Waals surface area contributed by atoms with E-state index in [0.29, 0.717) is 0 Å². The van der Waals surface area contributed by atoms with Crippen molar-refractivity contribution in [1.82, 2.24) is 52.5 Å². The zero-order valence-corrected chi connectivity index (χ0v) is 23.1. The van der Waals surface area contributed by atoms with Crippen molar-refractivity contribution in [3.05, 3.63) is 33.5 Å². The highest BCUT2D eigenvalue weighted by Crippen LogP contribution is 2.18. The van der Waals surface area contributed by atoms with Crippen LogP contribution in [0.5, 0.6) is 0 Å². The number of H-pyrrole nitrogens is 2. The van der Waals surface area contributed by atoms with E-state index in [1.54, 1.807) is 0 Å². The SMILES string of the molecule is O=C1NC(=O)C(=c2[nH]c(=C3C(=O)NC(=O)NC3=O)c3cc4c(=C5C(=O)NC(=O)NC5=O)[nH]c(=C5C(=O)NC(=O)NC5=O)c4cc23)C(=O)N1. The van der Waals surface area contributed by atoms with Gasteiger partial charge < -0.3 is 9.97 Å². The molecule has 0 atom stereocenters. The summed E-state index contributed by atoms with van der Waals surface area (Å²) in [7, 11) is 0. The number of rotatable bonds is 0. The van der Waals surface area contributed by atoms with Crippen LogP contribution in [0.4, 0.5) is 19.2 Å². The predicted octanol–water partition coefficient (Wildman–Crippen LogP) is -7.28. The van der Waals surface area contributed by atoms with Crippen LogP contribution in [0, 0.1) is 0 Å². The monoisotopic (exact) mass is 656 g/mol. The molecule has 6 heterocycles. The van der Waals surface area contributed by atoms with Crippen LogP contribution in [-0.2, 0) is 38.4 Å². The van der Waals surface area contributed by atoms with Crippen LogP contribution in [0.15, 0.2) is 12.1 Å². The Labute approximate surface area is 259 Å². The molecule has 238 valence electrons. The van der Waals surface area contributed by atoms with Crippen LogP contribution in [-0.4, -0.2) is 81.3 Å². The van der Waals surface area contributed by atoms with Gasteiger partial charge in [-0.25, -0.2) is 19.2 Å². The van der Waals surface area contributed by atoms with E-state index in [1.165, 1.54) is 0 Å². The number of aromatic nitrogens is 2. The number of hydrogen-bond acceptors (Lipinski definition) is 12. The van der Waals surface area contributed by atoms with Crippen LogP contribution in [0.25, 0.3) is 43.8 Å². The Morgan fingerprint density at radius 2 is 0.438 bits per heavy atom. The normalized spacial score (nSPS) is 18.8. The summed E-state index contributed by atoms with van der Waals surface area (Å²) in [6.07, 6.45) is 0. The third kappa shape index (κ3) is 4.20. The molecule has 2 aromatic heterocycles. The zero-order chi connectivity index (χ0) is 34.3. The number of aromatic amines is 2.